The van der Waals surface area contributed by atoms with Crippen molar-refractivity contribution in [1.82, 2.24) is 4.90 Å². The molecule has 0 aliphatic carbocycles. The van der Waals surface area contributed by atoms with Gasteiger partial charge in [0.1, 0.15) is 0 Å². The van der Waals surface area contributed by atoms with Crippen LogP contribution >= 0.6 is 0 Å². The highest BCUT2D eigenvalue weighted by molar-refractivity contribution is 6.91. The van der Waals surface area contributed by atoms with Crippen LogP contribution in [0.3, 0.4) is 0 Å². The van der Waals surface area contributed by atoms with Gasteiger partial charge < -0.3 is 4.90 Å². The van der Waals surface area contributed by atoms with Gasteiger partial charge in [0.15, 0.2) is 0 Å². The van der Waals surface area contributed by atoms with E-state index in [2.05, 4.69) is 69.0 Å². The number of allylic oxidation sites excluding steroid dienone is 1. The van der Waals surface area contributed by atoms with E-state index in [4.69, 9.17) is 0 Å². The molecule has 1 nitrogen and oxygen atoms in total. The van der Waals surface area contributed by atoms with Crippen LogP contribution in [0, 0.1) is 0 Å². The molecule has 0 radical (unpaired) electrons. The summed E-state index contributed by atoms with van der Waals surface area (Å²) in [5.41, 5.74) is 0.694. The first kappa shape index (κ1) is 15.2. The second kappa shape index (κ2) is 6.91. The quantitative estimate of drug-likeness (QED) is 0.413. The molecule has 100 valence electrons. The van der Waals surface area contributed by atoms with Crippen molar-refractivity contribution >= 4 is 13.3 Å². The van der Waals surface area contributed by atoms with Gasteiger partial charge in [-0.05, 0) is 33.4 Å². The Morgan fingerprint density at radius 2 is 1.83 bits per heavy atom. The van der Waals surface area contributed by atoms with E-state index in [9.17, 15) is 0 Å². The van der Waals surface area contributed by atoms with Crippen LogP contribution in [0.5, 0.6) is 0 Å². The third-order valence-corrected chi connectivity index (χ3v) is 8.15. The normalized spacial score (nSPS) is 13.6. The van der Waals surface area contributed by atoms with Gasteiger partial charge in [-0.1, -0.05) is 54.7 Å². The van der Waals surface area contributed by atoms with Gasteiger partial charge in [0.05, 0.1) is 8.07 Å². The molecule has 0 aliphatic rings. The predicted octanol–water partition coefficient (Wildman–Crippen LogP) is 3.43. The SMILES string of the molecule is C=CCCCC(N(C)C)[Si](C)(C)c1ccccc1. The van der Waals surface area contributed by atoms with E-state index in [1.54, 1.807) is 5.19 Å². The summed E-state index contributed by atoms with van der Waals surface area (Å²) in [7, 11) is 3.01. The molecule has 0 aliphatic heterocycles. The van der Waals surface area contributed by atoms with Crippen molar-refractivity contribution in [3.05, 3.63) is 43.0 Å². The summed E-state index contributed by atoms with van der Waals surface area (Å²) in [6.07, 6.45) is 5.68. The maximum Gasteiger partial charge on any atom is 0.0986 e. The van der Waals surface area contributed by atoms with Crippen molar-refractivity contribution in [3.63, 3.8) is 0 Å². The number of unbranched alkanes of at least 4 members (excludes halogenated alkanes) is 1. The lowest BCUT2D eigenvalue weighted by Gasteiger charge is -2.38. The molecular weight excluding hydrogens is 234 g/mol. The van der Waals surface area contributed by atoms with E-state index in [0.717, 1.165) is 6.42 Å². The lowest BCUT2D eigenvalue weighted by Crippen LogP contribution is -2.58. The first-order valence-electron chi connectivity index (χ1n) is 6.83. The molecule has 0 aromatic heterocycles. The molecular formula is C16H27NSi. The van der Waals surface area contributed by atoms with Crippen LogP contribution < -0.4 is 5.19 Å². The molecule has 1 aromatic rings. The Morgan fingerprint density at radius 3 is 2.33 bits per heavy atom. The minimum absolute atomic E-state index is 0.694. The first-order chi connectivity index (χ1) is 8.50. The van der Waals surface area contributed by atoms with Crippen molar-refractivity contribution in [2.24, 2.45) is 0 Å². The van der Waals surface area contributed by atoms with Gasteiger partial charge in [-0.2, -0.15) is 0 Å². The molecule has 18 heavy (non-hydrogen) atoms. The lowest BCUT2D eigenvalue weighted by atomic mass is 10.2. The second-order valence-electron chi connectivity index (χ2n) is 5.79. The molecule has 0 saturated carbocycles. The van der Waals surface area contributed by atoms with E-state index in [1.165, 1.54) is 12.8 Å². The molecule has 0 amide bonds. The van der Waals surface area contributed by atoms with Crippen LogP contribution in [0.25, 0.3) is 0 Å². The zero-order valence-corrected chi connectivity index (χ0v) is 13.3. The summed E-state index contributed by atoms with van der Waals surface area (Å²) in [4.78, 5) is 2.42. The summed E-state index contributed by atoms with van der Waals surface area (Å²) in [5, 5.41) is 1.56. The van der Waals surface area contributed by atoms with Crippen molar-refractivity contribution in [2.45, 2.75) is 38.0 Å². The maximum atomic E-state index is 3.82. The van der Waals surface area contributed by atoms with Crippen molar-refractivity contribution in [2.75, 3.05) is 14.1 Å². The molecule has 1 atom stereocenters. The molecule has 0 saturated heterocycles. The van der Waals surface area contributed by atoms with Crippen molar-refractivity contribution in [1.29, 1.82) is 0 Å². The Balaban J connectivity index is 2.86. The fourth-order valence-electron chi connectivity index (χ4n) is 2.78. The molecule has 1 unspecified atom stereocenters. The van der Waals surface area contributed by atoms with Crippen molar-refractivity contribution in [3.8, 4) is 0 Å². The fourth-order valence-corrected chi connectivity index (χ4v) is 6.43. The average Bonchev–Trinajstić information content (AvgIpc) is 2.35. The molecule has 0 spiro atoms. The van der Waals surface area contributed by atoms with Gasteiger partial charge in [0, 0.05) is 5.67 Å². The second-order valence-corrected chi connectivity index (χ2v) is 10.5. The van der Waals surface area contributed by atoms with Gasteiger partial charge in [-0.25, -0.2) is 0 Å². The Hall–Kier alpha value is -0.863. The van der Waals surface area contributed by atoms with Crippen LogP contribution in [-0.2, 0) is 0 Å². The Bertz CT molecular complexity index is 357. The number of benzene rings is 1. The Labute approximate surface area is 114 Å². The number of nitrogens with zero attached hydrogens (tertiary/aromatic N) is 1. The molecule has 1 aromatic carbocycles. The maximum absolute atomic E-state index is 3.82. The highest BCUT2D eigenvalue weighted by atomic mass is 28.3. The molecule has 0 bridgehead atoms. The lowest BCUT2D eigenvalue weighted by molar-refractivity contribution is 0.344. The van der Waals surface area contributed by atoms with Crippen LogP contribution in [-0.4, -0.2) is 32.7 Å². The minimum Gasteiger partial charge on any atom is -0.309 e. The van der Waals surface area contributed by atoms with Crippen LogP contribution in [0.1, 0.15) is 19.3 Å². The summed E-state index contributed by atoms with van der Waals surface area (Å²) >= 11 is 0. The topological polar surface area (TPSA) is 3.24 Å². The summed E-state index contributed by atoms with van der Waals surface area (Å²) in [5.74, 6) is 0. The highest BCUT2D eigenvalue weighted by Crippen LogP contribution is 2.19. The third kappa shape index (κ3) is 3.82. The van der Waals surface area contributed by atoms with E-state index in [1.807, 2.05) is 6.08 Å². The van der Waals surface area contributed by atoms with Gasteiger partial charge in [0.2, 0.25) is 0 Å². The van der Waals surface area contributed by atoms with Crippen molar-refractivity contribution < 1.29 is 0 Å². The monoisotopic (exact) mass is 261 g/mol. The molecule has 2 heteroatoms. The number of rotatable bonds is 7. The van der Waals surface area contributed by atoms with Gasteiger partial charge in [0.25, 0.3) is 0 Å². The van der Waals surface area contributed by atoms with Gasteiger partial charge >= 0.3 is 0 Å². The fraction of sp³-hybridized carbons (Fsp3) is 0.500. The van der Waals surface area contributed by atoms with E-state index in [-0.39, 0.29) is 0 Å². The van der Waals surface area contributed by atoms with Crippen LogP contribution in [0.4, 0.5) is 0 Å². The number of hydrogen-bond donors (Lipinski definition) is 0. The number of hydrogen-bond acceptors (Lipinski definition) is 1. The van der Waals surface area contributed by atoms with E-state index >= 15 is 0 Å². The van der Waals surface area contributed by atoms with Gasteiger partial charge in [-0.15, -0.1) is 6.58 Å². The standard InChI is InChI=1S/C16H27NSi/c1-6-7-9-14-16(17(2)3)18(4,5)15-12-10-8-11-13-15/h6,8,10-13,16H,1,7,9,14H2,2-5H3. The summed E-state index contributed by atoms with van der Waals surface area (Å²) < 4.78 is 0. The molecule has 1 rings (SSSR count). The summed E-state index contributed by atoms with van der Waals surface area (Å²) in [6.45, 7) is 8.79. The van der Waals surface area contributed by atoms with Gasteiger partial charge in [-0.3, -0.25) is 0 Å². The zero-order valence-electron chi connectivity index (χ0n) is 12.3. The van der Waals surface area contributed by atoms with E-state index < -0.39 is 8.07 Å². The predicted molar refractivity (Wildman–Crippen MR) is 85.1 cm³/mol. The van der Waals surface area contributed by atoms with Crippen LogP contribution in [0.15, 0.2) is 43.0 Å². The molecule has 0 heterocycles. The Morgan fingerprint density at radius 1 is 1.22 bits per heavy atom. The summed E-state index contributed by atoms with van der Waals surface area (Å²) in [6, 6.07) is 11.0. The zero-order chi connectivity index (χ0) is 13.6. The first-order valence-corrected chi connectivity index (χ1v) is 9.90. The van der Waals surface area contributed by atoms with Crippen LogP contribution in [0.2, 0.25) is 13.1 Å². The highest BCUT2D eigenvalue weighted by Gasteiger charge is 2.34. The minimum atomic E-state index is -1.43. The molecule has 0 N–H and O–H groups in total. The van der Waals surface area contributed by atoms with E-state index in [0.29, 0.717) is 5.67 Å². The third-order valence-electron chi connectivity index (χ3n) is 3.86. The smallest absolute Gasteiger partial charge is 0.0986 e. The molecule has 0 fully saturated rings. The Kier molecular flexibility index (Phi) is 5.83. The average molecular weight is 261 g/mol. The largest absolute Gasteiger partial charge is 0.309 e.